The van der Waals surface area contributed by atoms with Crippen molar-refractivity contribution < 1.29 is 9.59 Å². The van der Waals surface area contributed by atoms with Gasteiger partial charge in [-0.05, 0) is 73.8 Å². The number of nitrogens with zero attached hydrogens (tertiary/aromatic N) is 2. The number of carbonyl (C=O) groups excluding carboxylic acids is 2. The molecule has 1 N–H and O–H groups in total. The van der Waals surface area contributed by atoms with Gasteiger partial charge in [-0.25, -0.2) is 0 Å². The zero-order valence-electron chi connectivity index (χ0n) is 20.1. The van der Waals surface area contributed by atoms with Crippen LogP contribution in [0.1, 0.15) is 72.8 Å². The summed E-state index contributed by atoms with van der Waals surface area (Å²) in [6, 6.07) is 11.5. The molecule has 4 rings (SSSR count). The Bertz CT molecular complexity index is 935. The van der Waals surface area contributed by atoms with Gasteiger partial charge in [0.1, 0.15) is 0 Å². The number of hydrogen-bond donors (Lipinski definition) is 1. The second-order valence-electron chi connectivity index (χ2n) is 10.0. The van der Waals surface area contributed by atoms with E-state index in [-0.39, 0.29) is 17.9 Å². The van der Waals surface area contributed by atoms with Crippen molar-refractivity contribution in [3.05, 3.63) is 57.8 Å². The van der Waals surface area contributed by atoms with E-state index in [0.717, 1.165) is 42.4 Å². The molecule has 1 fully saturated rings. The monoisotopic (exact) mass is 467 g/mol. The van der Waals surface area contributed by atoms with Crippen molar-refractivity contribution in [2.75, 3.05) is 32.7 Å². The van der Waals surface area contributed by atoms with Gasteiger partial charge in [-0.15, -0.1) is 11.3 Å². The first-order valence-corrected chi connectivity index (χ1v) is 13.3. The van der Waals surface area contributed by atoms with Crippen LogP contribution in [0.25, 0.3) is 0 Å². The Balaban J connectivity index is 1.52. The largest absolute Gasteiger partial charge is 0.355 e. The number of amides is 2. The molecule has 0 radical (unpaired) electrons. The van der Waals surface area contributed by atoms with Gasteiger partial charge in [0.05, 0.1) is 12.0 Å². The molecule has 6 heteroatoms. The molecule has 0 saturated carbocycles. The van der Waals surface area contributed by atoms with E-state index in [1.807, 2.05) is 40.6 Å². The van der Waals surface area contributed by atoms with Crippen molar-refractivity contribution in [3.8, 4) is 0 Å². The first kappa shape index (κ1) is 24.0. The number of rotatable bonds is 8. The van der Waals surface area contributed by atoms with Crippen molar-refractivity contribution in [2.24, 2.45) is 11.8 Å². The minimum Gasteiger partial charge on any atom is -0.355 e. The average molecular weight is 468 g/mol. The molecule has 0 unspecified atom stereocenters. The van der Waals surface area contributed by atoms with Crippen LogP contribution < -0.4 is 5.32 Å². The van der Waals surface area contributed by atoms with E-state index in [0.29, 0.717) is 24.6 Å². The van der Waals surface area contributed by atoms with Crippen molar-refractivity contribution >= 4 is 23.2 Å². The molecule has 2 amide bonds. The lowest BCUT2D eigenvalue weighted by Gasteiger charge is -2.42. The van der Waals surface area contributed by atoms with Gasteiger partial charge in [0.25, 0.3) is 5.91 Å². The Labute approximate surface area is 202 Å². The Kier molecular flexibility index (Phi) is 7.86. The van der Waals surface area contributed by atoms with Crippen LogP contribution in [0.15, 0.2) is 41.8 Å². The summed E-state index contributed by atoms with van der Waals surface area (Å²) in [5.74, 6) is 0.804. The summed E-state index contributed by atoms with van der Waals surface area (Å²) in [5.41, 5.74) is 1.51. The van der Waals surface area contributed by atoms with Crippen molar-refractivity contribution in [1.29, 1.82) is 0 Å². The number of thiophene rings is 1. The van der Waals surface area contributed by atoms with Crippen LogP contribution in [0.3, 0.4) is 0 Å². The highest BCUT2D eigenvalue weighted by atomic mass is 32.1. The molecule has 0 bridgehead atoms. The minimum absolute atomic E-state index is 0.0226. The smallest absolute Gasteiger partial charge is 0.254 e. The summed E-state index contributed by atoms with van der Waals surface area (Å²) in [6.45, 7) is 11.2. The summed E-state index contributed by atoms with van der Waals surface area (Å²) in [7, 11) is 0. The van der Waals surface area contributed by atoms with Gasteiger partial charge >= 0.3 is 0 Å². The zero-order chi connectivity index (χ0) is 23.4. The van der Waals surface area contributed by atoms with E-state index in [1.165, 1.54) is 12.8 Å². The van der Waals surface area contributed by atoms with Crippen LogP contribution in [-0.4, -0.2) is 54.3 Å². The maximum Gasteiger partial charge on any atom is 0.254 e. The van der Waals surface area contributed by atoms with Gasteiger partial charge in [0.15, 0.2) is 0 Å². The predicted octanol–water partition coefficient (Wildman–Crippen LogP) is 4.92. The predicted molar refractivity (Wildman–Crippen MR) is 135 cm³/mol. The van der Waals surface area contributed by atoms with E-state index in [2.05, 4.69) is 37.1 Å². The topological polar surface area (TPSA) is 52.7 Å². The first-order chi connectivity index (χ1) is 16.0. The van der Waals surface area contributed by atoms with Crippen molar-refractivity contribution in [2.45, 2.75) is 52.0 Å². The van der Waals surface area contributed by atoms with Crippen LogP contribution in [0, 0.1) is 11.8 Å². The molecule has 2 aliphatic heterocycles. The molecule has 178 valence electrons. The molecule has 2 aliphatic rings. The summed E-state index contributed by atoms with van der Waals surface area (Å²) in [5, 5.41) is 5.25. The van der Waals surface area contributed by atoms with Gasteiger partial charge in [-0.3, -0.25) is 9.59 Å². The molecule has 3 heterocycles. The molecule has 5 nitrogen and oxygen atoms in total. The molecular formula is C27H37N3O2S. The number of fused-ring (bicyclic) bond motifs is 1. The number of likely N-dealkylation sites (tertiary alicyclic amines) is 1. The summed E-state index contributed by atoms with van der Waals surface area (Å²) >= 11 is 1.62. The molecule has 1 aromatic carbocycles. The highest BCUT2D eigenvalue weighted by molar-refractivity contribution is 7.10. The summed E-state index contributed by atoms with van der Waals surface area (Å²) in [6.07, 6.45) is 3.49. The van der Waals surface area contributed by atoms with Gasteiger partial charge in [0, 0.05) is 23.5 Å². The van der Waals surface area contributed by atoms with Gasteiger partial charge in [-0.1, -0.05) is 45.0 Å². The van der Waals surface area contributed by atoms with Crippen molar-refractivity contribution in [1.82, 2.24) is 15.1 Å². The van der Waals surface area contributed by atoms with Crippen LogP contribution in [0.5, 0.6) is 0 Å². The normalized spacial score (nSPS) is 21.9. The third-order valence-corrected chi connectivity index (χ3v) is 7.89. The molecule has 2 aromatic rings. The van der Waals surface area contributed by atoms with Gasteiger partial charge < -0.3 is 15.1 Å². The Morgan fingerprint density at radius 1 is 1.15 bits per heavy atom. The fraction of sp³-hybridized carbons (Fsp3) is 0.556. The molecule has 2 atom stereocenters. The first-order valence-electron chi connectivity index (χ1n) is 12.4. The quantitative estimate of drug-likeness (QED) is 0.561. The second-order valence-corrected chi connectivity index (χ2v) is 11.0. The number of carbonyl (C=O) groups is 2. The van der Waals surface area contributed by atoms with E-state index in [1.54, 1.807) is 11.3 Å². The summed E-state index contributed by atoms with van der Waals surface area (Å²) < 4.78 is 0. The number of piperidine rings is 1. The lowest BCUT2D eigenvalue weighted by Crippen LogP contribution is -2.48. The van der Waals surface area contributed by atoms with E-state index in [4.69, 9.17) is 0 Å². The van der Waals surface area contributed by atoms with Crippen LogP contribution in [0.2, 0.25) is 0 Å². The lowest BCUT2D eigenvalue weighted by atomic mass is 9.81. The maximum absolute atomic E-state index is 13.6. The van der Waals surface area contributed by atoms with E-state index < -0.39 is 5.92 Å². The molecular weight excluding hydrogens is 430 g/mol. The van der Waals surface area contributed by atoms with Gasteiger partial charge in [0.2, 0.25) is 5.91 Å². The Morgan fingerprint density at radius 2 is 1.91 bits per heavy atom. The molecule has 33 heavy (non-hydrogen) atoms. The van der Waals surface area contributed by atoms with E-state index >= 15 is 0 Å². The van der Waals surface area contributed by atoms with Crippen LogP contribution in [-0.2, 0) is 4.79 Å². The van der Waals surface area contributed by atoms with Crippen molar-refractivity contribution in [3.63, 3.8) is 0 Å². The maximum atomic E-state index is 13.6. The zero-order valence-corrected chi connectivity index (χ0v) is 20.9. The standard InChI is InChI=1S/C27H37N3O2S/c1-19(2)18-30-25(23-10-6-17-33-23)24(21-8-4-5-9-22(21)27(30)32)26(31)28-13-7-14-29-15-11-20(3)12-16-29/h4-6,8-10,17,19-20,24-25H,7,11-16,18H2,1-3H3,(H,28,31)/t24-,25+/m0/s1. The van der Waals surface area contributed by atoms with Crippen LogP contribution >= 0.6 is 11.3 Å². The van der Waals surface area contributed by atoms with Gasteiger partial charge in [-0.2, -0.15) is 0 Å². The number of benzene rings is 1. The molecule has 0 aliphatic carbocycles. The number of nitrogens with one attached hydrogen (secondary N) is 1. The number of hydrogen-bond acceptors (Lipinski definition) is 4. The van der Waals surface area contributed by atoms with Crippen LogP contribution in [0.4, 0.5) is 0 Å². The SMILES string of the molecule is CC(C)CN1C(=O)c2ccccc2[C@H](C(=O)NCCCN2CCC(C)CC2)[C@H]1c1cccs1. The minimum atomic E-state index is -0.396. The third kappa shape index (κ3) is 5.49. The fourth-order valence-corrected chi connectivity index (χ4v) is 6.03. The second kappa shape index (κ2) is 10.8. The third-order valence-electron chi connectivity index (χ3n) is 6.94. The highest BCUT2D eigenvalue weighted by Gasteiger charge is 2.44. The molecule has 1 aromatic heterocycles. The molecule has 0 spiro atoms. The lowest BCUT2D eigenvalue weighted by molar-refractivity contribution is -0.124. The average Bonchev–Trinajstić information content (AvgIpc) is 3.33. The summed E-state index contributed by atoms with van der Waals surface area (Å²) in [4.78, 5) is 32.6. The highest BCUT2D eigenvalue weighted by Crippen LogP contribution is 2.44. The van der Waals surface area contributed by atoms with E-state index in [9.17, 15) is 9.59 Å². The fourth-order valence-electron chi connectivity index (χ4n) is 5.16. The molecule has 1 saturated heterocycles. The Hall–Kier alpha value is -2.18. The Morgan fingerprint density at radius 3 is 2.61 bits per heavy atom.